The van der Waals surface area contributed by atoms with Gasteiger partial charge in [-0.2, -0.15) is 0 Å². The zero-order valence-corrected chi connectivity index (χ0v) is 15.2. The van der Waals surface area contributed by atoms with Crippen molar-refractivity contribution in [1.29, 1.82) is 0 Å². The topological polar surface area (TPSA) is 49.8 Å². The SMILES string of the molecule is CCCC(CN(C)C)OC(=O)C(O)(c1ccccc1)C1CCCC1. The summed E-state index contributed by atoms with van der Waals surface area (Å²) < 4.78 is 5.80. The zero-order chi connectivity index (χ0) is 17.6. The van der Waals surface area contributed by atoms with E-state index in [0.29, 0.717) is 12.1 Å². The first-order valence-electron chi connectivity index (χ1n) is 9.12. The van der Waals surface area contributed by atoms with Crippen molar-refractivity contribution in [3.05, 3.63) is 35.9 Å². The van der Waals surface area contributed by atoms with Gasteiger partial charge >= 0.3 is 5.97 Å². The number of aliphatic hydroxyl groups is 1. The van der Waals surface area contributed by atoms with E-state index in [4.69, 9.17) is 4.74 Å². The summed E-state index contributed by atoms with van der Waals surface area (Å²) in [6.07, 6.45) is 5.42. The Kier molecular flexibility index (Phi) is 6.81. The Morgan fingerprint density at radius 2 is 1.92 bits per heavy atom. The van der Waals surface area contributed by atoms with Crippen molar-refractivity contribution < 1.29 is 14.6 Å². The molecular weight excluding hydrogens is 302 g/mol. The summed E-state index contributed by atoms with van der Waals surface area (Å²) in [5, 5.41) is 11.4. The molecule has 1 N–H and O–H groups in total. The molecule has 1 saturated carbocycles. The van der Waals surface area contributed by atoms with Gasteiger partial charge in [0.2, 0.25) is 0 Å². The van der Waals surface area contributed by atoms with E-state index in [-0.39, 0.29) is 12.0 Å². The summed E-state index contributed by atoms with van der Waals surface area (Å²) >= 11 is 0. The summed E-state index contributed by atoms with van der Waals surface area (Å²) in [6.45, 7) is 2.76. The van der Waals surface area contributed by atoms with Crippen LogP contribution in [0.25, 0.3) is 0 Å². The Morgan fingerprint density at radius 1 is 1.29 bits per heavy atom. The third-order valence-electron chi connectivity index (χ3n) is 4.92. The van der Waals surface area contributed by atoms with Gasteiger partial charge in [0.25, 0.3) is 0 Å². The fourth-order valence-corrected chi connectivity index (χ4v) is 3.71. The normalized spacial score (nSPS) is 19.2. The molecule has 134 valence electrons. The lowest BCUT2D eigenvalue weighted by molar-refractivity contribution is -0.180. The van der Waals surface area contributed by atoms with E-state index in [1.165, 1.54) is 0 Å². The molecule has 1 aliphatic rings. The minimum absolute atomic E-state index is 0.0611. The van der Waals surface area contributed by atoms with E-state index in [0.717, 1.165) is 38.5 Å². The van der Waals surface area contributed by atoms with Crippen LogP contribution in [-0.2, 0) is 15.1 Å². The van der Waals surface area contributed by atoms with Gasteiger partial charge in [0.1, 0.15) is 6.10 Å². The number of carbonyl (C=O) groups excluding carboxylic acids is 1. The monoisotopic (exact) mass is 333 g/mol. The van der Waals surface area contributed by atoms with Gasteiger partial charge in [0.15, 0.2) is 5.60 Å². The van der Waals surface area contributed by atoms with E-state index in [9.17, 15) is 9.90 Å². The van der Waals surface area contributed by atoms with Crippen molar-refractivity contribution in [2.75, 3.05) is 20.6 Å². The van der Waals surface area contributed by atoms with Crippen LogP contribution in [0.1, 0.15) is 51.0 Å². The molecule has 0 spiro atoms. The quantitative estimate of drug-likeness (QED) is 0.741. The highest BCUT2D eigenvalue weighted by Crippen LogP contribution is 2.41. The first-order valence-corrected chi connectivity index (χ1v) is 9.12. The second-order valence-electron chi connectivity index (χ2n) is 7.19. The van der Waals surface area contributed by atoms with Gasteiger partial charge in [-0.15, -0.1) is 0 Å². The Bertz CT molecular complexity index is 511. The molecular formula is C20H31NO3. The molecule has 2 atom stereocenters. The van der Waals surface area contributed by atoms with Crippen LogP contribution in [0.2, 0.25) is 0 Å². The number of benzene rings is 1. The highest BCUT2D eigenvalue weighted by molar-refractivity contribution is 5.81. The number of carbonyl (C=O) groups is 1. The molecule has 0 aromatic heterocycles. The molecule has 0 amide bonds. The van der Waals surface area contributed by atoms with Crippen LogP contribution in [0.4, 0.5) is 0 Å². The predicted octanol–water partition coefficient (Wildman–Crippen LogP) is 3.34. The van der Waals surface area contributed by atoms with Gasteiger partial charge in [0.05, 0.1) is 0 Å². The largest absolute Gasteiger partial charge is 0.459 e. The van der Waals surface area contributed by atoms with Crippen LogP contribution in [0.5, 0.6) is 0 Å². The van der Waals surface area contributed by atoms with Crippen LogP contribution < -0.4 is 0 Å². The molecule has 0 radical (unpaired) electrons. The van der Waals surface area contributed by atoms with E-state index >= 15 is 0 Å². The Balaban J connectivity index is 2.24. The lowest BCUT2D eigenvalue weighted by atomic mass is 9.80. The second kappa shape index (κ2) is 8.63. The molecule has 1 aliphatic carbocycles. The maximum absolute atomic E-state index is 13.0. The molecule has 1 aromatic carbocycles. The van der Waals surface area contributed by atoms with Crippen LogP contribution in [0.15, 0.2) is 30.3 Å². The van der Waals surface area contributed by atoms with E-state index in [1.807, 2.05) is 49.3 Å². The van der Waals surface area contributed by atoms with Crippen molar-refractivity contribution in [3.63, 3.8) is 0 Å². The Morgan fingerprint density at radius 3 is 2.46 bits per heavy atom. The highest BCUT2D eigenvalue weighted by atomic mass is 16.6. The smallest absolute Gasteiger partial charge is 0.343 e. The number of nitrogens with zero attached hydrogens (tertiary/aromatic N) is 1. The molecule has 0 heterocycles. The zero-order valence-electron chi connectivity index (χ0n) is 15.2. The summed E-state index contributed by atoms with van der Waals surface area (Å²) in [4.78, 5) is 15.0. The third kappa shape index (κ3) is 4.37. The number of likely N-dealkylation sites (N-methyl/N-ethyl adjacent to an activating group) is 1. The fourth-order valence-electron chi connectivity index (χ4n) is 3.71. The molecule has 0 saturated heterocycles. The van der Waals surface area contributed by atoms with Crippen molar-refractivity contribution in [2.45, 2.75) is 57.2 Å². The summed E-state index contributed by atoms with van der Waals surface area (Å²) in [7, 11) is 3.94. The average Bonchev–Trinajstić information content (AvgIpc) is 3.09. The molecule has 1 aromatic rings. The number of esters is 1. The van der Waals surface area contributed by atoms with Crippen molar-refractivity contribution in [3.8, 4) is 0 Å². The van der Waals surface area contributed by atoms with E-state index in [2.05, 4.69) is 6.92 Å². The molecule has 0 bridgehead atoms. The van der Waals surface area contributed by atoms with Crippen molar-refractivity contribution >= 4 is 5.97 Å². The first kappa shape index (κ1) is 18.9. The Labute approximate surface area is 145 Å². The van der Waals surface area contributed by atoms with Gasteiger partial charge in [-0.1, -0.05) is 56.5 Å². The highest BCUT2D eigenvalue weighted by Gasteiger charge is 2.48. The van der Waals surface area contributed by atoms with Crippen molar-refractivity contribution in [1.82, 2.24) is 4.90 Å². The first-order chi connectivity index (χ1) is 11.5. The summed E-state index contributed by atoms with van der Waals surface area (Å²) in [5.74, 6) is -0.546. The Hall–Kier alpha value is -1.39. The summed E-state index contributed by atoms with van der Waals surface area (Å²) in [5.41, 5.74) is -0.877. The van der Waals surface area contributed by atoms with E-state index in [1.54, 1.807) is 0 Å². The number of rotatable bonds is 8. The van der Waals surface area contributed by atoms with Gasteiger partial charge in [-0.3, -0.25) is 0 Å². The van der Waals surface area contributed by atoms with Crippen LogP contribution in [-0.4, -0.2) is 42.7 Å². The minimum atomic E-state index is -1.53. The van der Waals surface area contributed by atoms with Crippen LogP contribution in [0, 0.1) is 5.92 Å². The van der Waals surface area contributed by atoms with Gasteiger partial charge in [0, 0.05) is 12.5 Å². The minimum Gasteiger partial charge on any atom is -0.459 e. The predicted molar refractivity (Wildman–Crippen MR) is 95.6 cm³/mol. The molecule has 2 unspecified atom stereocenters. The van der Waals surface area contributed by atoms with Crippen molar-refractivity contribution in [2.24, 2.45) is 5.92 Å². The van der Waals surface area contributed by atoms with Crippen LogP contribution in [0.3, 0.4) is 0 Å². The summed E-state index contributed by atoms with van der Waals surface area (Å²) in [6, 6.07) is 9.30. The number of hydrogen-bond acceptors (Lipinski definition) is 4. The molecule has 24 heavy (non-hydrogen) atoms. The maximum Gasteiger partial charge on any atom is 0.343 e. The molecule has 0 aliphatic heterocycles. The van der Waals surface area contributed by atoms with Gasteiger partial charge in [-0.25, -0.2) is 4.79 Å². The average molecular weight is 333 g/mol. The number of hydrogen-bond donors (Lipinski definition) is 1. The number of ether oxygens (including phenoxy) is 1. The molecule has 4 heteroatoms. The van der Waals surface area contributed by atoms with Crippen LogP contribution >= 0.6 is 0 Å². The standard InChI is InChI=1S/C20H31NO3/c1-4-10-18(15-21(2)3)24-19(22)20(23,17-13-8-9-14-17)16-11-6-5-7-12-16/h5-7,11-12,17-18,23H,4,8-10,13-15H2,1-3H3. The van der Waals surface area contributed by atoms with Gasteiger partial charge in [-0.05, 0) is 38.9 Å². The molecule has 2 rings (SSSR count). The molecule has 4 nitrogen and oxygen atoms in total. The lowest BCUT2D eigenvalue weighted by Crippen LogP contribution is -2.46. The third-order valence-corrected chi connectivity index (χ3v) is 4.92. The fraction of sp³-hybridized carbons (Fsp3) is 0.650. The second-order valence-corrected chi connectivity index (χ2v) is 7.19. The maximum atomic E-state index is 13.0. The lowest BCUT2D eigenvalue weighted by Gasteiger charge is -2.34. The van der Waals surface area contributed by atoms with E-state index < -0.39 is 11.6 Å². The van der Waals surface area contributed by atoms with Gasteiger partial charge < -0.3 is 14.7 Å². The molecule has 1 fully saturated rings.